The smallest absolute Gasteiger partial charge is 0.196 e. The molecule has 3 aromatic rings. The Balaban J connectivity index is 2.20. The standard InChI is InChI=1S/C16H11BrClNO2/c1-21-14-4-2-3-13-15(14)11(8-19-13)16(20)10-7-9(18)5-6-12(10)17/h2-8,19H,1H3. The fourth-order valence-corrected chi connectivity index (χ4v) is 2.92. The molecule has 1 heterocycles. The maximum absolute atomic E-state index is 12.8. The predicted molar refractivity (Wildman–Crippen MR) is 87.4 cm³/mol. The molecule has 0 saturated carbocycles. The number of nitrogens with one attached hydrogen (secondary N) is 1. The molecule has 2 aromatic carbocycles. The van der Waals surface area contributed by atoms with Crippen LogP contribution in [0.3, 0.4) is 0 Å². The zero-order chi connectivity index (χ0) is 15.0. The van der Waals surface area contributed by atoms with Crippen molar-refractivity contribution in [2.45, 2.75) is 0 Å². The normalized spacial score (nSPS) is 10.8. The van der Waals surface area contributed by atoms with Gasteiger partial charge in [0.15, 0.2) is 5.78 Å². The third kappa shape index (κ3) is 2.45. The molecule has 21 heavy (non-hydrogen) atoms. The van der Waals surface area contributed by atoms with Gasteiger partial charge in [0.2, 0.25) is 0 Å². The molecule has 0 spiro atoms. The number of H-pyrrole nitrogens is 1. The van der Waals surface area contributed by atoms with Gasteiger partial charge in [0.05, 0.1) is 18.1 Å². The van der Waals surface area contributed by atoms with Gasteiger partial charge in [-0.2, -0.15) is 0 Å². The van der Waals surface area contributed by atoms with Crippen LogP contribution in [0.25, 0.3) is 10.9 Å². The lowest BCUT2D eigenvalue weighted by molar-refractivity contribution is 0.103. The quantitative estimate of drug-likeness (QED) is 0.677. The summed E-state index contributed by atoms with van der Waals surface area (Å²) in [5, 5.41) is 1.30. The molecule has 0 radical (unpaired) electrons. The number of fused-ring (bicyclic) bond motifs is 1. The van der Waals surface area contributed by atoms with Gasteiger partial charge in [0.1, 0.15) is 5.75 Å². The molecule has 0 atom stereocenters. The molecule has 3 rings (SSSR count). The van der Waals surface area contributed by atoms with Crippen molar-refractivity contribution in [1.29, 1.82) is 0 Å². The second-order valence-electron chi connectivity index (χ2n) is 4.54. The monoisotopic (exact) mass is 363 g/mol. The molecule has 0 saturated heterocycles. The third-order valence-electron chi connectivity index (χ3n) is 3.31. The molecule has 1 N–H and O–H groups in total. The van der Waals surface area contributed by atoms with Crippen molar-refractivity contribution in [3.63, 3.8) is 0 Å². The second-order valence-corrected chi connectivity index (χ2v) is 5.83. The second kappa shape index (κ2) is 5.54. The van der Waals surface area contributed by atoms with Crippen molar-refractivity contribution in [2.24, 2.45) is 0 Å². The highest BCUT2D eigenvalue weighted by Crippen LogP contribution is 2.32. The molecule has 0 amide bonds. The molecule has 3 nitrogen and oxygen atoms in total. The minimum atomic E-state index is -0.111. The maximum atomic E-state index is 12.8. The topological polar surface area (TPSA) is 42.1 Å². The minimum Gasteiger partial charge on any atom is -0.496 e. The van der Waals surface area contributed by atoms with Crippen LogP contribution in [0, 0.1) is 0 Å². The van der Waals surface area contributed by atoms with Gasteiger partial charge in [-0.05, 0) is 30.3 Å². The van der Waals surface area contributed by atoms with Gasteiger partial charge in [0.25, 0.3) is 0 Å². The van der Waals surface area contributed by atoms with Crippen LogP contribution >= 0.6 is 27.5 Å². The Labute approximate surface area is 135 Å². The van der Waals surface area contributed by atoms with Gasteiger partial charge in [-0.25, -0.2) is 0 Å². The molecule has 0 aliphatic heterocycles. The molecule has 106 valence electrons. The molecule has 5 heteroatoms. The van der Waals surface area contributed by atoms with Gasteiger partial charge < -0.3 is 9.72 Å². The summed E-state index contributed by atoms with van der Waals surface area (Å²) in [5.41, 5.74) is 1.94. The number of ketones is 1. The number of methoxy groups -OCH3 is 1. The number of hydrogen-bond acceptors (Lipinski definition) is 2. The van der Waals surface area contributed by atoms with Crippen molar-refractivity contribution in [1.82, 2.24) is 4.98 Å². The summed E-state index contributed by atoms with van der Waals surface area (Å²) < 4.78 is 6.07. The Hall–Kier alpha value is -1.78. The number of halogens is 2. The fourth-order valence-electron chi connectivity index (χ4n) is 2.32. The van der Waals surface area contributed by atoms with E-state index in [1.54, 1.807) is 31.5 Å². The van der Waals surface area contributed by atoms with Gasteiger partial charge >= 0.3 is 0 Å². The number of benzene rings is 2. The molecular formula is C16H11BrClNO2. The Morgan fingerprint density at radius 2 is 2.05 bits per heavy atom. The Morgan fingerprint density at radius 3 is 2.81 bits per heavy atom. The van der Waals surface area contributed by atoms with E-state index in [-0.39, 0.29) is 5.78 Å². The lowest BCUT2D eigenvalue weighted by Crippen LogP contribution is -2.02. The first-order valence-corrected chi connectivity index (χ1v) is 7.42. The van der Waals surface area contributed by atoms with Crippen molar-refractivity contribution in [3.8, 4) is 5.75 Å². The molecule has 1 aromatic heterocycles. The van der Waals surface area contributed by atoms with E-state index in [4.69, 9.17) is 16.3 Å². The number of carbonyl (C=O) groups is 1. The van der Waals surface area contributed by atoms with Crippen LogP contribution in [0.2, 0.25) is 5.02 Å². The van der Waals surface area contributed by atoms with Crippen LogP contribution in [0.5, 0.6) is 5.75 Å². The fraction of sp³-hybridized carbons (Fsp3) is 0.0625. The summed E-state index contributed by atoms with van der Waals surface area (Å²) in [6.45, 7) is 0. The van der Waals surface area contributed by atoms with Crippen molar-refractivity contribution >= 4 is 44.2 Å². The first-order chi connectivity index (χ1) is 10.1. The van der Waals surface area contributed by atoms with E-state index in [0.717, 1.165) is 10.9 Å². The van der Waals surface area contributed by atoms with E-state index in [1.807, 2.05) is 18.2 Å². The average molecular weight is 365 g/mol. The van der Waals surface area contributed by atoms with Crippen LogP contribution in [0.4, 0.5) is 0 Å². The Bertz CT molecular complexity index is 841. The molecule has 0 fully saturated rings. The summed E-state index contributed by atoms with van der Waals surface area (Å²) in [6, 6.07) is 10.8. The van der Waals surface area contributed by atoms with E-state index in [9.17, 15) is 4.79 Å². The average Bonchev–Trinajstić information content (AvgIpc) is 2.93. The number of hydrogen-bond donors (Lipinski definition) is 1. The van der Waals surface area contributed by atoms with E-state index >= 15 is 0 Å². The lowest BCUT2D eigenvalue weighted by Gasteiger charge is -2.06. The summed E-state index contributed by atoms with van der Waals surface area (Å²) >= 11 is 9.39. The molecule has 0 aliphatic rings. The summed E-state index contributed by atoms with van der Waals surface area (Å²) in [5.74, 6) is 0.551. The van der Waals surface area contributed by atoms with Crippen LogP contribution in [0.15, 0.2) is 47.1 Å². The zero-order valence-corrected chi connectivity index (χ0v) is 13.5. The van der Waals surface area contributed by atoms with Gasteiger partial charge in [0, 0.05) is 26.8 Å². The highest BCUT2D eigenvalue weighted by Gasteiger charge is 2.19. The van der Waals surface area contributed by atoms with Gasteiger partial charge in [-0.3, -0.25) is 4.79 Å². The van der Waals surface area contributed by atoms with Gasteiger partial charge in [-0.15, -0.1) is 0 Å². The molecule has 0 unspecified atom stereocenters. The SMILES string of the molecule is COc1cccc2[nH]cc(C(=O)c3cc(Cl)ccc3Br)c12. The summed E-state index contributed by atoms with van der Waals surface area (Å²) in [6.07, 6.45) is 1.70. The van der Waals surface area contributed by atoms with Gasteiger partial charge in [-0.1, -0.05) is 33.6 Å². The van der Waals surface area contributed by atoms with Crippen LogP contribution in [0.1, 0.15) is 15.9 Å². The maximum Gasteiger partial charge on any atom is 0.196 e. The van der Waals surface area contributed by atoms with E-state index in [1.165, 1.54) is 0 Å². The Morgan fingerprint density at radius 1 is 1.24 bits per heavy atom. The third-order valence-corrected chi connectivity index (χ3v) is 4.23. The highest BCUT2D eigenvalue weighted by atomic mass is 79.9. The van der Waals surface area contributed by atoms with Crippen LogP contribution in [-0.2, 0) is 0 Å². The molecule has 0 aliphatic carbocycles. The van der Waals surface area contributed by atoms with Crippen molar-refractivity contribution in [3.05, 3.63) is 63.2 Å². The first kappa shape index (κ1) is 14.2. The van der Waals surface area contributed by atoms with Crippen molar-refractivity contribution in [2.75, 3.05) is 7.11 Å². The lowest BCUT2D eigenvalue weighted by atomic mass is 10.0. The highest BCUT2D eigenvalue weighted by molar-refractivity contribution is 9.10. The number of ether oxygens (including phenoxy) is 1. The van der Waals surface area contributed by atoms with Crippen LogP contribution < -0.4 is 4.74 Å². The molecular weight excluding hydrogens is 354 g/mol. The largest absolute Gasteiger partial charge is 0.496 e. The number of aromatic nitrogens is 1. The first-order valence-electron chi connectivity index (χ1n) is 6.25. The van der Waals surface area contributed by atoms with E-state index < -0.39 is 0 Å². The van der Waals surface area contributed by atoms with Crippen molar-refractivity contribution < 1.29 is 9.53 Å². The number of rotatable bonds is 3. The van der Waals surface area contributed by atoms with Crippen LogP contribution in [-0.4, -0.2) is 17.9 Å². The number of carbonyl (C=O) groups excluding carboxylic acids is 1. The zero-order valence-electron chi connectivity index (χ0n) is 11.1. The summed E-state index contributed by atoms with van der Waals surface area (Å²) in [4.78, 5) is 15.9. The predicted octanol–water partition coefficient (Wildman–Crippen LogP) is 4.82. The Kier molecular flexibility index (Phi) is 3.74. The van der Waals surface area contributed by atoms with E-state index in [2.05, 4.69) is 20.9 Å². The minimum absolute atomic E-state index is 0.111. The van der Waals surface area contributed by atoms with E-state index in [0.29, 0.717) is 26.4 Å². The summed E-state index contributed by atoms with van der Waals surface area (Å²) in [7, 11) is 1.59. The molecule has 0 bridgehead atoms. The number of aromatic amines is 1.